The summed E-state index contributed by atoms with van der Waals surface area (Å²) in [7, 11) is 0. The fraction of sp³-hybridized carbons (Fsp3) is 0.261. The zero-order chi connectivity index (χ0) is 20.9. The molecule has 2 atom stereocenters. The van der Waals surface area contributed by atoms with E-state index in [1.54, 1.807) is 18.3 Å². The summed E-state index contributed by atoms with van der Waals surface area (Å²) in [6, 6.07) is 15.4. The number of aromatic nitrogens is 4. The number of nitrogens with two attached hydrogens (primary N) is 1. The number of imidazole rings is 1. The summed E-state index contributed by atoms with van der Waals surface area (Å²) in [5.41, 5.74) is 10.7. The van der Waals surface area contributed by atoms with Crippen LogP contribution in [0.3, 0.4) is 0 Å². The van der Waals surface area contributed by atoms with Crippen LogP contribution in [0.15, 0.2) is 54.7 Å². The third kappa shape index (κ3) is 3.07. The SMILES string of the molecule is NCc1cc(-c2c(-c3ccc(F)cc3)nc3ccc(N4C[C@@H]5C[C@H]4CN5)nn23)ccn1. The first-order chi connectivity index (χ1) is 15.2. The maximum Gasteiger partial charge on any atom is 0.155 e. The summed E-state index contributed by atoms with van der Waals surface area (Å²) >= 11 is 0. The largest absolute Gasteiger partial charge is 0.349 e. The lowest BCUT2D eigenvalue weighted by Gasteiger charge is -2.28. The van der Waals surface area contributed by atoms with Gasteiger partial charge in [0.15, 0.2) is 5.65 Å². The van der Waals surface area contributed by atoms with E-state index in [1.807, 2.05) is 28.8 Å². The number of fused-ring (bicyclic) bond motifs is 3. The molecular weight excluding hydrogens is 393 g/mol. The van der Waals surface area contributed by atoms with Crippen LogP contribution in [0.2, 0.25) is 0 Å². The Morgan fingerprint density at radius 1 is 1.10 bits per heavy atom. The molecule has 0 unspecified atom stereocenters. The number of pyridine rings is 1. The van der Waals surface area contributed by atoms with E-state index in [1.165, 1.54) is 12.1 Å². The van der Waals surface area contributed by atoms with Gasteiger partial charge in [0.25, 0.3) is 0 Å². The van der Waals surface area contributed by atoms with Crippen molar-refractivity contribution in [3.05, 3.63) is 66.2 Å². The van der Waals surface area contributed by atoms with Gasteiger partial charge < -0.3 is 16.0 Å². The maximum absolute atomic E-state index is 13.6. The van der Waals surface area contributed by atoms with Crippen LogP contribution in [0.25, 0.3) is 28.2 Å². The van der Waals surface area contributed by atoms with Gasteiger partial charge in [0.1, 0.15) is 17.3 Å². The summed E-state index contributed by atoms with van der Waals surface area (Å²) < 4.78 is 15.4. The molecule has 0 saturated carbocycles. The van der Waals surface area contributed by atoms with E-state index in [9.17, 15) is 4.39 Å². The second-order valence-electron chi connectivity index (χ2n) is 8.16. The summed E-state index contributed by atoms with van der Waals surface area (Å²) in [5.74, 6) is 0.667. The molecule has 0 amide bonds. The van der Waals surface area contributed by atoms with Gasteiger partial charge in [-0.3, -0.25) is 4.98 Å². The van der Waals surface area contributed by atoms with E-state index >= 15 is 0 Å². The molecular formula is C23H22FN7. The molecule has 8 heteroatoms. The highest BCUT2D eigenvalue weighted by atomic mass is 19.1. The van der Waals surface area contributed by atoms with Crippen molar-refractivity contribution in [1.29, 1.82) is 0 Å². The minimum Gasteiger partial charge on any atom is -0.349 e. The van der Waals surface area contributed by atoms with Crippen LogP contribution in [-0.4, -0.2) is 44.8 Å². The van der Waals surface area contributed by atoms with Gasteiger partial charge in [-0.25, -0.2) is 13.9 Å². The summed E-state index contributed by atoms with van der Waals surface area (Å²) in [5, 5.41) is 8.53. The number of anilines is 1. The fourth-order valence-corrected chi connectivity index (χ4v) is 4.72. The lowest BCUT2D eigenvalue weighted by atomic mass is 10.1. The molecule has 2 aliphatic heterocycles. The predicted octanol–water partition coefficient (Wildman–Crippen LogP) is 2.61. The molecule has 31 heavy (non-hydrogen) atoms. The average molecular weight is 415 g/mol. The number of nitrogens with zero attached hydrogens (tertiary/aromatic N) is 5. The Morgan fingerprint density at radius 2 is 1.97 bits per heavy atom. The lowest BCUT2D eigenvalue weighted by Crippen LogP contribution is -2.44. The Bertz CT molecular complexity index is 1270. The molecule has 2 saturated heterocycles. The van der Waals surface area contributed by atoms with E-state index in [2.05, 4.69) is 15.2 Å². The van der Waals surface area contributed by atoms with Crippen molar-refractivity contribution in [2.24, 2.45) is 5.73 Å². The lowest BCUT2D eigenvalue weighted by molar-refractivity contribution is 0.573. The van der Waals surface area contributed by atoms with Crippen molar-refractivity contribution in [2.45, 2.75) is 25.0 Å². The molecule has 2 bridgehead atoms. The maximum atomic E-state index is 13.6. The van der Waals surface area contributed by atoms with Crippen LogP contribution in [0.5, 0.6) is 0 Å². The Morgan fingerprint density at radius 3 is 2.71 bits per heavy atom. The first kappa shape index (κ1) is 18.4. The number of rotatable bonds is 4. The van der Waals surface area contributed by atoms with Gasteiger partial charge in [0.05, 0.1) is 11.4 Å². The molecule has 6 rings (SSSR count). The minimum absolute atomic E-state index is 0.276. The van der Waals surface area contributed by atoms with E-state index in [0.29, 0.717) is 18.6 Å². The summed E-state index contributed by atoms with van der Waals surface area (Å²) in [4.78, 5) is 11.6. The van der Waals surface area contributed by atoms with Gasteiger partial charge in [-0.1, -0.05) is 0 Å². The van der Waals surface area contributed by atoms with E-state index in [4.69, 9.17) is 15.8 Å². The Hall–Kier alpha value is -3.36. The van der Waals surface area contributed by atoms with Gasteiger partial charge in [0, 0.05) is 49.0 Å². The monoisotopic (exact) mass is 415 g/mol. The van der Waals surface area contributed by atoms with Crippen LogP contribution < -0.4 is 16.0 Å². The van der Waals surface area contributed by atoms with Crippen molar-refractivity contribution in [1.82, 2.24) is 24.9 Å². The van der Waals surface area contributed by atoms with Crippen molar-refractivity contribution in [2.75, 3.05) is 18.0 Å². The third-order valence-electron chi connectivity index (χ3n) is 6.23. The van der Waals surface area contributed by atoms with E-state index in [-0.39, 0.29) is 5.82 Å². The van der Waals surface area contributed by atoms with E-state index < -0.39 is 0 Å². The number of hydrogen-bond acceptors (Lipinski definition) is 6. The van der Waals surface area contributed by atoms with Crippen LogP contribution in [-0.2, 0) is 6.54 Å². The van der Waals surface area contributed by atoms with Crippen LogP contribution in [0.1, 0.15) is 12.1 Å². The van der Waals surface area contributed by atoms with Crippen LogP contribution >= 0.6 is 0 Å². The highest BCUT2D eigenvalue weighted by Gasteiger charge is 2.38. The quantitative estimate of drug-likeness (QED) is 0.533. The number of benzene rings is 1. The fourth-order valence-electron chi connectivity index (χ4n) is 4.72. The van der Waals surface area contributed by atoms with Crippen molar-refractivity contribution < 1.29 is 4.39 Å². The second-order valence-corrected chi connectivity index (χ2v) is 8.16. The molecule has 7 nitrogen and oxygen atoms in total. The van der Waals surface area contributed by atoms with Crippen molar-refractivity contribution >= 4 is 11.5 Å². The highest BCUT2D eigenvalue weighted by Crippen LogP contribution is 2.34. The van der Waals surface area contributed by atoms with Gasteiger partial charge in [0.2, 0.25) is 0 Å². The molecule has 3 aromatic heterocycles. The molecule has 5 heterocycles. The zero-order valence-electron chi connectivity index (χ0n) is 16.9. The molecule has 156 valence electrons. The normalized spacial score (nSPS) is 20.1. The molecule has 0 radical (unpaired) electrons. The standard InChI is InChI=1S/C23H22FN7/c24-16-3-1-14(2-4-16)22-23(15-7-8-26-17(9-15)11-25)31-20(28-22)5-6-21(29-31)30-13-18-10-19(30)12-27-18/h1-9,18-19,27H,10-13,25H2/t18-,19-/m0/s1. The predicted molar refractivity (Wildman–Crippen MR) is 117 cm³/mol. The second kappa shape index (κ2) is 7.11. The number of nitrogens with one attached hydrogen (secondary N) is 1. The van der Waals surface area contributed by atoms with Crippen LogP contribution in [0.4, 0.5) is 10.2 Å². The Labute approximate surface area is 178 Å². The van der Waals surface area contributed by atoms with Crippen molar-refractivity contribution in [3.8, 4) is 22.5 Å². The molecule has 3 N–H and O–H groups in total. The summed E-state index contributed by atoms with van der Waals surface area (Å²) in [6.45, 7) is 2.30. The third-order valence-corrected chi connectivity index (χ3v) is 6.23. The van der Waals surface area contributed by atoms with Gasteiger partial charge in [-0.05, 0) is 55.0 Å². The molecule has 0 aliphatic carbocycles. The smallest absolute Gasteiger partial charge is 0.155 e. The molecule has 2 aliphatic rings. The van der Waals surface area contributed by atoms with Gasteiger partial charge in [-0.2, -0.15) is 0 Å². The first-order valence-electron chi connectivity index (χ1n) is 10.5. The number of halogens is 1. The van der Waals surface area contributed by atoms with Gasteiger partial charge in [-0.15, -0.1) is 5.10 Å². The Kier molecular flexibility index (Phi) is 4.22. The molecule has 4 aromatic rings. The van der Waals surface area contributed by atoms with Crippen LogP contribution in [0, 0.1) is 5.82 Å². The minimum atomic E-state index is -0.276. The topological polar surface area (TPSA) is 84.4 Å². The number of piperazine rings is 1. The highest BCUT2D eigenvalue weighted by molar-refractivity contribution is 5.81. The summed E-state index contributed by atoms with van der Waals surface area (Å²) in [6.07, 6.45) is 2.90. The number of hydrogen-bond donors (Lipinski definition) is 2. The molecule has 0 spiro atoms. The van der Waals surface area contributed by atoms with Crippen molar-refractivity contribution in [3.63, 3.8) is 0 Å². The molecule has 2 fully saturated rings. The Balaban J connectivity index is 1.55. The zero-order valence-corrected chi connectivity index (χ0v) is 16.9. The molecule has 1 aromatic carbocycles. The van der Waals surface area contributed by atoms with E-state index in [0.717, 1.165) is 59.2 Å². The van der Waals surface area contributed by atoms with Gasteiger partial charge >= 0.3 is 0 Å². The average Bonchev–Trinajstić information content (AvgIpc) is 3.53. The first-order valence-corrected chi connectivity index (χ1v) is 10.5.